The third kappa shape index (κ3) is 4.71. The molecule has 0 saturated heterocycles. The predicted octanol–water partition coefficient (Wildman–Crippen LogP) is 5.94. The minimum Gasteiger partial charge on any atom is -0.496 e. The first-order valence-electron chi connectivity index (χ1n) is 11.7. The number of anilines is 1. The average Bonchev–Trinajstić information content (AvgIpc) is 3.58. The zero-order chi connectivity index (χ0) is 27.1. The molecule has 1 saturated carbocycles. The number of allylic oxidation sites excluding steroid dienone is 1. The maximum atomic E-state index is 14.9. The van der Waals surface area contributed by atoms with E-state index >= 15 is 0 Å². The van der Waals surface area contributed by atoms with E-state index in [2.05, 4.69) is 27.0 Å². The van der Waals surface area contributed by atoms with Crippen molar-refractivity contribution in [3.63, 3.8) is 0 Å². The van der Waals surface area contributed by atoms with E-state index in [9.17, 15) is 22.4 Å². The number of hydrogen-bond donors (Lipinski definition) is 1. The number of methoxy groups -OCH3 is 1. The minimum absolute atomic E-state index is 0.0911. The van der Waals surface area contributed by atoms with Gasteiger partial charge in [-0.1, -0.05) is 23.4 Å². The lowest BCUT2D eigenvalue weighted by Gasteiger charge is -2.14. The summed E-state index contributed by atoms with van der Waals surface area (Å²) in [4.78, 5) is 21.4. The first-order chi connectivity index (χ1) is 18.1. The van der Waals surface area contributed by atoms with Crippen LogP contribution < -0.4 is 10.1 Å². The molecular weight excluding hydrogens is 504 g/mol. The van der Waals surface area contributed by atoms with Gasteiger partial charge in [0.2, 0.25) is 5.91 Å². The van der Waals surface area contributed by atoms with Crippen LogP contribution in [-0.2, 0) is 23.1 Å². The van der Waals surface area contributed by atoms with E-state index in [1.807, 2.05) is 6.07 Å². The first-order valence-corrected chi connectivity index (χ1v) is 11.7. The number of ether oxygens (including phenoxy) is 1. The molecule has 0 bridgehead atoms. The van der Waals surface area contributed by atoms with Crippen molar-refractivity contribution in [1.82, 2.24) is 15.1 Å². The maximum absolute atomic E-state index is 14.9. The second-order valence-electron chi connectivity index (χ2n) is 9.09. The van der Waals surface area contributed by atoms with E-state index < -0.39 is 23.3 Å². The van der Waals surface area contributed by atoms with Crippen LogP contribution in [0.25, 0.3) is 22.3 Å². The number of nitrogens with zero attached hydrogens (tertiary/aromatic N) is 3. The summed E-state index contributed by atoms with van der Waals surface area (Å²) in [6.07, 6.45) is -1.11. The van der Waals surface area contributed by atoms with E-state index in [1.54, 1.807) is 25.3 Å². The molecule has 196 valence electrons. The summed E-state index contributed by atoms with van der Waals surface area (Å²) in [5.41, 5.74) is 1.07. The first kappa shape index (κ1) is 25.4. The zero-order valence-corrected chi connectivity index (χ0v) is 20.2. The molecule has 1 aliphatic rings. The highest BCUT2D eigenvalue weighted by atomic mass is 19.4. The van der Waals surface area contributed by atoms with Crippen molar-refractivity contribution < 1.29 is 31.6 Å². The fourth-order valence-corrected chi connectivity index (χ4v) is 4.29. The van der Waals surface area contributed by atoms with Crippen molar-refractivity contribution >= 4 is 22.8 Å². The predicted molar refractivity (Wildman–Crippen MR) is 131 cm³/mol. The SMILES string of the molecule is C=CCc1cc2ncc(-c3ccc(CC(=O)Nc4cc(C5(C(F)(F)F)CC5)on4)c(F)c3)nc2cc1OC. The molecule has 0 atom stereocenters. The monoisotopic (exact) mass is 526 g/mol. The second kappa shape index (κ2) is 9.55. The van der Waals surface area contributed by atoms with Gasteiger partial charge >= 0.3 is 6.18 Å². The highest BCUT2D eigenvalue weighted by Crippen LogP contribution is 2.59. The van der Waals surface area contributed by atoms with Gasteiger partial charge in [0.25, 0.3) is 0 Å². The topological polar surface area (TPSA) is 90.1 Å². The van der Waals surface area contributed by atoms with Crippen molar-refractivity contribution in [2.75, 3.05) is 12.4 Å². The minimum atomic E-state index is -4.46. The van der Waals surface area contributed by atoms with Gasteiger partial charge in [0.05, 0.1) is 36.5 Å². The van der Waals surface area contributed by atoms with Gasteiger partial charge in [0, 0.05) is 23.3 Å². The van der Waals surface area contributed by atoms with Crippen molar-refractivity contribution in [1.29, 1.82) is 0 Å². The van der Waals surface area contributed by atoms with Crippen LogP contribution in [0.3, 0.4) is 0 Å². The Morgan fingerprint density at radius 3 is 2.63 bits per heavy atom. The molecule has 2 heterocycles. The molecule has 0 unspecified atom stereocenters. The molecule has 1 N–H and O–H groups in total. The van der Waals surface area contributed by atoms with Crippen LogP contribution in [0.4, 0.5) is 23.4 Å². The Morgan fingerprint density at radius 2 is 1.97 bits per heavy atom. The fourth-order valence-electron chi connectivity index (χ4n) is 4.29. The van der Waals surface area contributed by atoms with Crippen LogP contribution >= 0.6 is 0 Å². The molecule has 1 aliphatic carbocycles. The molecule has 7 nitrogen and oxygen atoms in total. The summed E-state index contributed by atoms with van der Waals surface area (Å²) in [5.74, 6) is -1.16. The molecule has 1 amide bonds. The summed E-state index contributed by atoms with van der Waals surface area (Å²) in [5, 5.41) is 5.88. The third-order valence-electron chi connectivity index (χ3n) is 6.55. The molecule has 0 aliphatic heterocycles. The van der Waals surface area contributed by atoms with Gasteiger partial charge < -0.3 is 14.6 Å². The smallest absolute Gasteiger partial charge is 0.401 e. The Hall–Kier alpha value is -4.28. The van der Waals surface area contributed by atoms with Crippen LogP contribution in [0.1, 0.15) is 29.7 Å². The number of aromatic nitrogens is 3. The molecule has 0 radical (unpaired) electrons. The average molecular weight is 526 g/mol. The fraction of sp³-hybridized carbons (Fsp3) is 0.259. The standard InChI is InChI=1S/C27H22F4N4O3/c1-3-4-17-10-19-20(12-22(17)37-2)33-21(14-32-19)16-6-5-15(18(28)9-16)11-25(36)34-24-13-23(38-35-24)26(7-8-26)27(29,30)31/h3,5-6,9-10,12-14H,1,4,7-8,11H2,2H3,(H,34,35,36). The van der Waals surface area contributed by atoms with Crippen molar-refractivity contribution in [2.24, 2.45) is 0 Å². The zero-order valence-electron chi connectivity index (χ0n) is 20.2. The summed E-state index contributed by atoms with van der Waals surface area (Å²) in [6.45, 7) is 3.74. The van der Waals surface area contributed by atoms with Gasteiger partial charge in [-0.2, -0.15) is 13.2 Å². The molecule has 0 spiro atoms. The molecule has 2 aromatic heterocycles. The Morgan fingerprint density at radius 1 is 1.18 bits per heavy atom. The van der Waals surface area contributed by atoms with Crippen LogP contribution in [0.15, 0.2) is 59.8 Å². The van der Waals surface area contributed by atoms with Gasteiger partial charge in [-0.15, -0.1) is 6.58 Å². The van der Waals surface area contributed by atoms with Crippen LogP contribution in [-0.4, -0.2) is 34.3 Å². The lowest BCUT2D eigenvalue weighted by atomic mass is 10.0. The quantitative estimate of drug-likeness (QED) is 0.226. The number of hydrogen-bond acceptors (Lipinski definition) is 6. The molecule has 11 heteroatoms. The molecule has 5 rings (SSSR count). The Labute approximate surface area is 214 Å². The molecule has 4 aromatic rings. The Kier molecular flexibility index (Phi) is 6.38. The summed E-state index contributed by atoms with van der Waals surface area (Å²) < 4.78 is 64.9. The van der Waals surface area contributed by atoms with E-state index in [1.165, 1.54) is 18.3 Å². The summed E-state index contributed by atoms with van der Waals surface area (Å²) in [7, 11) is 1.56. The van der Waals surface area contributed by atoms with Gasteiger partial charge in [0.1, 0.15) is 17.0 Å². The van der Waals surface area contributed by atoms with Crippen LogP contribution in [0.5, 0.6) is 5.75 Å². The summed E-state index contributed by atoms with van der Waals surface area (Å²) >= 11 is 0. The van der Waals surface area contributed by atoms with Crippen molar-refractivity contribution in [2.45, 2.75) is 37.3 Å². The van der Waals surface area contributed by atoms with Crippen LogP contribution in [0, 0.1) is 5.82 Å². The lowest BCUT2D eigenvalue weighted by Crippen LogP contribution is -2.28. The summed E-state index contributed by atoms with van der Waals surface area (Å²) in [6, 6.07) is 8.98. The van der Waals surface area contributed by atoms with E-state index in [0.29, 0.717) is 34.5 Å². The third-order valence-corrected chi connectivity index (χ3v) is 6.55. The number of fused-ring (bicyclic) bond motifs is 1. The molecule has 38 heavy (non-hydrogen) atoms. The number of nitrogens with one attached hydrogen (secondary N) is 1. The van der Waals surface area contributed by atoms with E-state index in [0.717, 1.165) is 11.6 Å². The van der Waals surface area contributed by atoms with E-state index in [-0.39, 0.29) is 36.4 Å². The Balaban J connectivity index is 1.30. The molecular formula is C27H22F4N4O3. The number of alkyl halides is 3. The number of amides is 1. The van der Waals surface area contributed by atoms with Gasteiger partial charge in [-0.3, -0.25) is 9.78 Å². The largest absolute Gasteiger partial charge is 0.496 e. The highest BCUT2D eigenvalue weighted by Gasteiger charge is 2.66. The highest BCUT2D eigenvalue weighted by molar-refractivity contribution is 5.91. The van der Waals surface area contributed by atoms with Crippen molar-refractivity contribution in [3.05, 3.63) is 78.0 Å². The van der Waals surface area contributed by atoms with Gasteiger partial charge in [0.15, 0.2) is 11.6 Å². The number of halogens is 4. The van der Waals surface area contributed by atoms with Crippen molar-refractivity contribution in [3.8, 4) is 17.0 Å². The number of carbonyl (C=O) groups is 1. The second-order valence-corrected chi connectivity index (χ2v) is 9.09. The van der Waals surface area contributed by atoms with E-state index in [4.69, 9.17) is 9.26 Å². The van der Waals surface area contributed by atoms with Crippen LogP contribution in [0.2, 0.25) is 0 Å². The number of benzene rings is 2. The lowest BCUT2D eigenvalue weighted by molar-refractivity contribution is -0.165. The molecule has 1 fully saturated rings. The number of rotatable bonds is 8. The van der Waals surface area contributed by atoms with Gasteiger partial charge in [-0.05, 0) is 37.0 Å². The molecule has 2 aromatic carbocycles. The maximum Gasteiger partial charge on any atom is 0.401 e. The Bertz CT molecular complexity index is 1540. The van der Waals surface area contributed by atoms with Gasteiger partial charge in [-0.25, -0.2) is 9.37 Å². The normalized spacial score (nSPS) is 14.3. The number of carbonyl (C=O) groups excluding carboxylic acids is 1.